The molecule has 0 bridgehead atoms. The molecule has 1 atom stereocenters. The van der Waals surface area contributed by atoms with Crippen LogP contribution in [0.1, 0.15) is 44.7 Å². The summed E-state index contributed by atoms with van der Waals surface area (Å²) in [5.74, 6) is 1.69. The summed E-state index contributed by atoms with van der Waals surface area (Å²) < 4.78 is 0. The van der Waals surface area contributed by atoms with Gasteiger partial charge in [0.15, 0.2) is 0 Å². The average Bonchev–Trinajstić information content (AvgIpc) is 2.48. The molecular weight excluding hydrogens is 303 g/mol. The summed E-state index contributed by atoms with van der Waals surface area (Å²) in [7, 11) is 0. The molecule has 0 amide bonds. The van der Waals surface area contributed by atoms with Crippen molar-refractivity contribution in [3.05, 3.63) is 33.8 Å². The molecule has 4 heteroatoms. The van der Waals surface area contributed by atoms with Crippen LogP contribution in [0.2, 0.25) is 10.0 Å². The van der Waals surface area contributed by atoms with E-state index < -0.39 is 0 Å². The van der Waals surface area contributed by atoms with E-state index in [0.29, 0.717) is 10.0 Å². The predicted octanol–water partition coefficient (Wildman–Crippen LogP) is 4.75. The van der Waals surface area contributed by atoms with Crippen molar-refractivity contribution >= 4 is 23.2 Å². The van der Waals surface area contributed by atoms with E-state index in [-0.39, 0.29) is 6.04 Å². The first-order chi connectivity index (χ1) is 9.99. The Bertz CT molecular complexity index is 454. The van der Waals surface area contributed by atoms with E-state index in [0.717, 1.165) is 30.4 Å². The fourth-order valence-corrected chi connectivity index (χ4v) is 3.58. The highest BCUT2D eigenvalue weighted by Gasteiger charge is 2.22. The summed E-state index contributed by atoms with van der Waals surface area (Å²) in [4.78, 5) is 2.52. The highest BCUT2D eigenvalue weighted by molar-refractivity contribution is 6.42. The maximum absolute atomic E-state index is 6.29. The minimum Gasteiger partial charge on any atom is -0.324 e. The van der Waals surface area contributed by atoms with Crippen LogP contribution in [0, 0.1) is 11.8 Å². The lowest BCUT2D eigenvalue weighted by Crippen LogP contribution is -2.36. The second-order valence-electron chi connectivity index (χ2n) is 6.46. The van der Waals surface area contributed by atoms with E-state index in [1.165, 1.54) is 25.9 Å². The molecule has 118 valence electrons. The fraction of sp³-hybridized carbons (Fsp3) is 0.647. The zero-order valence-corrected chi connectivity index (χ0v) is 14.5. The van der Waals surface area contributed by atoms with Gasteiger partial charge >= 0.3 is 0 Å². The van der Waals surface area contributed by atoms with Crippen LogP contribution in [0.25, 0.3) is 0 Å². The van der Waals surface area contributed by atoms with Gasteiger partial charge in [0, 0.05) is 6.04 Å². The summed E-state index contributed by atoms with van der Waals surface area (Å²) in [5, 5.41) is 1.19. The van der Waals surface area contributed by atoms with E-state index in [2.05, 4.69) is 18.7 Å². The molecule has 1 unspecified atom stereocenters. The minimum absolute atomic E-state index is 0.0426. The minimum atomic E-state index is -0.0426. The van der Waals surface area contributed by atoms with Crippen molar-refractivity contribution in [3.63, 3.8) is 0 Å². The van der Waals surface area contributed by atoms with Crippen LogP contribution in [-0.4, -0.2) is 24.5 Å². The molecule has 1 aromatic carbocycles. The smallest absolute Gasteiger partial charge is 0.0640 e. The van der Waals surface area contributed by atoms with Gasteiger partial charge in [0.1, 0.15) is 0 Å². The lowest BCUT2D eigenvalue weighted by atomic mass is 9.86. The number of piperidine rings is 1. The molecule has 1 aliphatic rings. The monoisotopic (exact) mass is 328 g/mol. The zero-order chi connectivity index (χ0) is 15.4. The standard InChI is InChI=1S/C17H26Cl2N2/c1-12(2)13-6-9-21(10-7-13)11-8-16(20)14-4-3-5-15(18)17(14)19/h3-5,12-13,16H,6-11,20H2,1-2H3. The number of rotatable bonds is 5. The van der Waals surface area contributed by atoms with Crippen molar-refractivity contribution in [2.45, 2.75) is 39.2 Å². The molecule has 1 saturated heterocycles. The van der Waals surface area contributed by atoms with Gasteiger partial charge in [0.2, 0.25) is 0 Å². The van der Waals surface area contributed by atoms with Gasteiger partial charge < -0.3 is 10.6 Å². The predicted molar refractivity (Wildman–Crippen MR) is 92.0 cm³/mol. The van der Waals surface area contributed by atoms with Crippen LogP contribution in [0.3, 0.4) is 0 Å². The molecule has 2 nitrogen and oxygen atoms in total. The van der Waals surface area contributed by atoms with E-state index in [1.54, 1.807) is 6.07 Å². The van der Waals surface area contributed by atoms with Gasteiger partial charge in [-0.2, -0.15) is 0 Å². The third-order valence-electron chi connectivity index (χ3n) is 4.71. The zero-order valence-electron chi connectivity index (χ0n) is 13.0. The number of likely N-dealkylation sites (tertiary alicyclic amines) is 1. The van der Waals surface area contributed by atoms with Crippen LogP contribution in [0.15, 0.2) is 18.2 Å². The molecule has 0 aliphatic carbocycles. The quantitative estimate of drug-likeness (QED) is 0.844. The molecule has 2 rings (SSSR count). The first-order valence-electron chi connectivity index (χ1n) is 7.91. The van der Waals surface area contributed by atoms with E-state index in [9.17, 15) is 0 Å². The topological polar surface area (TPSA) is 29.3 Å². The van der Waals surface area contributed by atoms with Crippen LogP contribution in [-0.2, 0) is 0 Å². The average molecular weight is 329 g/mol. The first kappa shape index (κ1) is 17.1. The van der Waals surface area contributed by atoms with Crippen molar-refractivity contribution < 1.29 is 0 Å². The van der Waals surface area contributed by atoms with Crippen molar-refractivity contribution in [2.75, 3.05) is 19.6 Å². The Kier molecular flexibility index (Phi) is 6.36. The van der Waals surface area contributed by atoms with Gasteiger partial charge in [-0.15, -0.1) is 0 Å². The molecule has 1 aromatic rings. The number of halogens is 2. The largest absolute Gasteiger partial charge is 0.324 e. The number of hydrogen-bond donors (Lipinski definition) is 1. The molecule has 1 fully saturated rings. The molecule has 21 heavy (non-hydrogen) atoms. The number of nitrogens with two attached hydrogens (primary N) is 1. The van der Waals surface area contributed by atoms with Gasteiger partial charge in [0.25, 0.3) is 0 Å². The third kappa shape index (κ3) is 4.59. The molecule has 0 spiro atoms. The summed E-state index contributed by atoms with van der Waals surface area (Å²) in [6.45, 7) is 8.08. The van der Waals surface area contributed by atoms with E-state index in [4.69, 9.17) is 28.9 Å². The fourth-order valence-electron chi connectivity index (χ4n) is 3.13. The van der Waals surface area contributed by atoms with Crippen LogP contribution in [0.5, 0.6) is 0 Å². The van der Waals surface area contributed by atoms with Crippen molar-refractivity contribution in [1.82, 2.24) is 4.90 Å². The van der Waals surface area contributed by atoms with Gasteiger partial charge in [-0.05, 0) is 62.4 Å². The van der Waals surface area contributed by atoms with E-state index in [1.807, 2.05) is 12.1 Å². The number of nitrogens with zero attached hydrogens (tertiary/aromatic N) is 1. The Morgan fingerprint density at radius 2 is 1.90 bits per heavy atom. The second-order valence-corrected chi connectivity index (χ2v) is 7.25. The normalized spacial score (nSPS) is 19.1. The van der Waals surface area contributed by atoms with Crippen LogP contribution in [0.4, 0.5) is 0 Å². The van der Waals surface area contributed by atoms with Gasteiger partial charge in [-0.3, -0.25) is 0 Å². The summed E-state index contributed by atoms with van der Waals surface area (Å²) in [5.41, 5.74) is 7.25. The third-order valence-corrected chi connectivity index (χ3v) is 5.55. The SMILES string of the molecule is CC(C)C1CCN(CCC(N)c2cccc(Cl)c2Cl)CC1. The van der Waals surface area contributed by atoms with Crippen molar-refractivity contribution in [1.29, 1.82) is 0 Å². The van der Waals surface area contributed by atoms with Crippen molar-refractivity contribution in [3.8, 4) is 0 Å². The lowest BCUT2D eigenvalue weighted by molar-refractivity contribution is 0.154. The molecule has 2 N–H and O–H groups in total. The Balaban J connectivity index is 1.82. The Morgan fingerprint density at radius 1 is 1.24 bits per heavy atom. The maximum atomic E-state index is 6.29. The molecule has 0 saturated carbocycles. The Morgan fingerprint density at radius 3 is 2.52 bits per heavy atom. The first-order valence-corrected chi connectivity index (χ1v) is 8.66. The molecular formula is C17H26Cl2N2. The highest BCUT2D eigenvalue weighted by atomic mass is 35.5. The molecule has 1 aliphatic heterocycles. The maximum Gasteiger partial charge on any atom is 0.0640 e. The molecule has 0 radical (unpaired) electrons. The Labute approximate surface area is 138 Å². The van der Waals surface area contributed by atoms with Gasteiger partial charge in [-0.1, -0.05) is 49.2 Å². The second kappa shape index (κ2) is 7.82. The molecule has 0 aromatic heterocycles. The summed E-state index contributed by atoms with van der Waals surface area (Å²) in [6, 6.07) is 5.65. The lowest BCUT2D eigenvalue weighted by Gasteiger charge is -2.34. The molecule has 1 heterocycles. The number of benzene rings is 1. The number of hydrogen-bond acceptors (Lipinski definition) is 2. The van der Waals surface area contributed by atoms with Gasteiger partial charge in [-0.25, -0.2) is 0 Å². The van der Waals surface area contributed by atoms with Gasteiger partial charge in [0.05, 0.1) is 10.0 Å². The van der Waals surface area contributed by atoms with Crippen LogP contribution < -0.4 is 5.73 Å². The highest BCUT2D eigenvalue weighted by Crippen LogP contribution is 2.31. The van der Waals surface area contributed by atoms with Crippen molar-refractivity contribution in [2.24, 2.45) is 17.6 Å². The summed E-state index contributed by atoms with van der Waals surface area (Å²) >= 11 is 12.3. The van der Waals surface area contributed by atoms with E-state index >= 15 is 0 Å². The Hall–Kier alpha value is -0.280. The van der Waals surface area contributed by atoms with Crippen LogP contribution >= 0.6 is 23.2 Å². The summed E-state index contributed by atoms with van der Waals surface area (Å²) in [6.07, 6.45) is 3.54.